The molecule has 0 unspecified atom stereocenters. The van der Waals surface area contributed by atoms with Crippen molar-refractivity contribution in [1.82, 2.24) is 0 Å². The molecule has 1 heterocycles. The lowest BCUT2D eigenvalue weighted by Crippen LogP contribution is -1.82. The Morgan fingerprint density at radius 1 is 1.60 bits per heavy atom. The van der Waals surface area contributed by atoms with Crippen molar-refractivity contribution in [1.29, 1.82) is 0 Å². The van der Waals surface area contributed by atoms with Gasteiger partial charge in [-0.05, 0) is 23.7 Å². The SMILES string of the molecule is [C-]#[N+]CCc1ccc(Cl)o1. The average molecular weight is 156 g/mol. The first kappa shape index (κ1) is 7.17. The molecule has 0 aliphatic rings. The number of hydrogen-bond donors (Lipinski definition) is 0. The summed E-state index contributed by atoms with van der Waals surface area (Å²) in [6, 6.07) is 3.47. The van der Waals surface area contributed by atoms with Crippen molar-refractivity contribution in [2.45, 2.75) is 6.42 Å². The Kier molecular flexibility index (Phi) is 2.35. The Bertz CT molecular complexity index is 248. The van der Waals surface area contributed by atoms with Gasteiger partial charge in [0.05, 0.1) is 6.42 Å². The second-order valence-corrected chi connectivity index (χ2v) is 2.21. The summed E-state index contributed by atoms with van der Waals surface area (Å²) in [5.74, 6) is 0.779. The van der Waals surface area contributed by atoms with Crippen molar-refractivity contribution in [2.24, 2.45) is 0 Å². The average Bonchev–Trinajstić information content (AvgIpc) is 2.31. The van der Waals surface area contributed by atoms with Crippen LogP contribution in [0.15, 0.2) is 16.5 Å². The summed E-state index contributed by atoms with van der Waals surface area (Å²) >= 11 is 5.50. The van der Waals surface area contributed by atoms with Crippen LogP contribution in [0.4, 0.5) is 0 Å². The van der Waals surface area contributed by atoms with Crippen molar-refractivity contribution >= 4 is 11.6 Å². The van der Waals surface area contributed by atoms with E-state index in [2.05, 4.69) is 4.85 Å². The highest BCUT2D eigenvalue weighted by atomic mass is 35.5. The molecule has 0 atom stereocenters. The minimum absolute atomic E-state index is 0.389. The largest absolute Gasteiger partial charge is 0.449 e. The zero-order valence-corrected chi connectivity index (χ0v) is 6.06. The molecule has 0 spiro atoms. The van der Waals surface area contributed by atoms with Gasteiger partial charge in [0.15, 0.2) is 5.22 Å². The van der Waals surface area contributed by atoms with Crippen LogP contribution < -0.4 is 0 Å². The lowest BCUT2D eigenvalue weighted by Gasteiger charge is -1.84. The van der Waals surface area contributed by atoms with Gasteiger partial charge in [0, 0.05) is 0 Å². The lowest BCUT2D eigenvalue weighted by molar-refractivity contribution is 0.516. The molecular weight excluding hydrogens is 150 g/mol. The molecule has 1 rings (SSSR count). The molecule has 0 bridgehead atoms. The molecule has 0 saturated heterocycles. The maximum Gasteiger partial charge on any atom is 0.221 e. The molecule has 10 heavy (non-hydrogen) atoms. The van der Waals surface area contributed by atoms with E-state index in [0.717, 1.165) is 5.76 Å². The van der Waals surface area contributed by atoms with Gasteiger partial charge in [0.2, 0.25) is 6.54 Å². The van der Waals surface area contributed by atoms with E-state index in [0.29, 0.717) is 18.2 Å². The second-order valence-electron chi connectivity index (χ2n) is 1.84. The minimum Gasteiger partial charge on any atom is -0.449 e. The molecule has 0 radical (unpaired) electrons. The molecule has 0 amide bonds. The van der Waals surface area contributed by atoms with Crippen LogP contribution in [0, 0.1) is 6.57 Å². The Labute approximate surface area is 64.2 Å². The van der Waals surface area contributed by atoms with Gasteiger partial charge in [-0.2, -0.15) is 0 Å². The summed E-state index contributed by atoms with van der Waals surface area (Å²) in [5, 5.41) is 0.389. The summed E-state index contributed by atoms with van der Waals surface area (Å²) in [7, 11) is 0. The first-order chi connectivity index (χ1) is 4.83. The van der Waals surface area contributed by atoms with Crippen LogP contribution in [0.25, 0.3) is 4.85 Å². The molecule has 0 saturated carbocycles. The molecule has 52 valence electrons. The Hall–Kier alpha value is -0.940. The standard InChI is InChI=1S/C7H6ClNO/c1-9-5-4-6-2-3-7(8)10-6/h2-3H,4-5H2. The lowest BCUT2D eigenvalue weighted by atomic mass is 10.3. The highest BCUT2D eigenvalue weighted by Crippen LogP contribution is 2.13. The fourth-order valence-corrected chi connectivity index (χ4v) is 0.814. The molecule has 1 aromatic rings. The van der Waals surface area contributed by atoms with Crippen LogP contribution in [0.1, 0.15) is 5.76 Å². The van der Waals surface area contributed by atoms with Crippen LogP contribution in [0.5, 0.6) is 0 Å². The maximum absolute atomic E-state index is 6.51. The zero-order chi connectivity index (χ0) is 7.40. The predicted octanol–water partition coefficient (Wildman–Crippen LogP) is 2.39. The first-order valence-corrected chi connectivity index (χ1v) is 3.28. The fourth-order valence-electron chi connectivity index (χ4n) is 0.652. The third-order valence-electron chi connectivity index (χ3n) is 1.10. The summed E-state index contributed by atoms with van der Waals surface area (Å²) in [6.07, 6.45) is 0.649. The van der Waals surface area contributed by atoms with Crippen molar-refractivity contribution in [2.75, 3.05) is 6.54 Å². The van der Waals surface area contributed by atoms with E-state index in [4.69, 9.17) is 22.6 Å². The Morgan fingerprint density at radius 3 is 2.90 bits per heavy atom. The van der Waals surface area contributed by atoms with Gasteiger partial charge in [-0.3, -0.25) is 0 Å². The number of halogens is 1. The van der Waals surface area contributed by atoms with Gasteiger partial charge in [0.25, 0.3) is 0 Å². The molecule has 0 aliphatic heterocycles. The van der Waals surface area contributed by atoms with Gasteiger partial charge < -0.3 is 9.26 Å². The zero-order valence-electron chi connectivity index (χ0n) is 5.30. The minimum atomic E-state index is 0.389. The van der Waals surface area contributed by atoms with Crippen LogP contribution >= 0.6 is 11.6 Å². The van der Waals surface area contributed by atoms with Crippen LogP contribution in [0.3, 0.4) is 0 Å². The smallest absolute Gasteiger partial charge is 0.221 e. The molecule has 0 N–H and O–H groups in total. The molecule has 2 nitrogen and oxygen atoms in total. The van der Waals surface area contributed by atoms with Crippen LogP contribution in [-0.4, -0.2) is 6.54 Å². The fraction of sp³-hybridized carbons (Fsp3) is 0.286. The van der Waals surface area contributed by atoms with E-state index in [1.54, 1.807) is 12.1 Å². The highest BCUT2D eigenvalue weighted by molar-refractivity contribution is 6.28. The van der Waals surface area contributed by atoms with Gasteiger partial charge in [0.1, 0.15) is 5.76 Å². The maximum atomic E-state index is 6.51. The van der Waals surface area contributed by atoms with E-state index in [1.807, 2.05) is 0 Å². The van der Waals surface area contributed by atoms with E-state index in [9.17, 15) is 0 Å². The van der Waals surface area contributed by atoms with Gasteiger partial charge in [-0.25, -0.2) is 6.57 Å². The third-order valence-corrected chi connectivity index (χ3v) is 1.30. The van der Waals surface area contributed by atoms with Gasteiger partial charge in [-0.15, -0.1) is 0 Å². The van der Waals surface area contributed by atoms with Crippen molar-refractivity contribution in [3.05, 3.63) is 34.5 Å². The van der Waals surface area contributed by atoms with Crippen molar-refractivity contribution < 1.29 is 4.42 Å². The van der Waals surface area contributed by atoms with Crippen LogP contribution in [0.2, 0.25) is 5.22 Å². The first-order valence-electron chi connectivity index (χ1n) is 2.90. The van der Waals surface area contributed by atoms with Gasteiger partial charge >= 0.3 is 0 Å². The van der Waals surface area contributed by atoms with Gasteiger partial charge in [-0.1, -0.05) is 0 Å². The highest BCUT2D eigenvalue weighted by Gasteiger charge is 1.99. The molecule has 0 fully saturated rings. The summed E-state index contributed by atoms with van der Waals surface area (Å²) in [4.78, 5) is 3.19. The molecular formula is C7H6ClNO. The van der Waals surface area contributed by atoms with E-state index >= 15 is 0 Å². The second kappa shape index (κ2) is 3.28. The number of nitrogens with zero attached hydrogens (tertiary/aromatic N) is 1. The number of hydrogen-bond acceptors (Lipinski definition) is 1. The van der Waals surface area contributed by atoms with E-state index in [1.165, 1.54) is 0 Å². The summed E-state index contributed by atoms with van der Waals surface area (Å²) < 4.78 is 5.01. The van der Waals surface area contributed by atoms with E-state index in [-0.39, 0.29) is 0 Å². The van der Waals surface area contributed by atoms with Crippen molar-refractivity contribution in [3.63, 3.8) is 0 Å². The number of rotatable bonds is 2. The third kappa shape index (κ3) is 1.78. The normalized spacial score (nSPS) is 9.20. The monoisotopic (exact) mass is 155 g/mol. The quantitative estimate of drug-likeness (QED) is 0.600. The Balaban J connectivity index is 2.52. The summed E-state index contributed by atoms with van der Waals surface area (Å²) in [5.41, 5.74) is 0. The van der Waals surface area contributed by atoms with Crippen molar-refractivity contribution in [3.8, 4) is 0 Å². The topological polar surface area (TPSA) is 17.5 Å². The van der Waals surface area contributed by atoms with Crippen LogP contribution in [-0.2, 0) is 6.42 Å². The molecule has 3 heteroatoms. The number of furan rings is 1. The summed E-state index contributed by atoms with van der Waals surface area (Å²) in [6.45, 7) is 6.97. The molecule has 0 aliphatic carbocycles. The van der Waals surface area contributed by atoms with E-state index < -0.39 is 0 Å². The molecule has 1 aromatic heterocycles. The predicted molar refractivity (Wildman–Crippen MR) is 38.9 cm³/mol. The molecule has 0 aromatic carbocycles. The Morgan fingerprint density at radius 2 is 2.40 bits per heavy atom.